The number of anilines is 1. The summed E-state index contributed by atoms with van der Waals surface area (Å²) in [6, 6.07) is 8.69. The normalized spacial score (nSPS) is 20.5. The molecule has 1 unspecified atom stereocenters. The van der Waals surface area contributed by atoms with Crippen molar-refractivity contribution in [1.82, 2.24) is 9.78 Å². The molecule has 1 N–H and O–H groups in total. The van der Waals surface area contributed by atoms with Gasteiger partial charge in [0, 0.05) is 37.7 Å². The summed E-state index contributed by atoms with van der Waals surface area (Å²) >= 11 is 0. The topological polar surface area (TPSA) is 48.3 Å². The minimum Gasteiger partial charge on any atom is -0.478 e. The van der Waals surface area contributed by atoms with Crippen molar-refractivity contribution in [3.63, 3.8) is 0 Å². The van der Waals surface area contributed by atoms with Gasteiger partial charge in [0.05, 0.1) is 25.0 Å². The summed E-state index contributed by atoms with van der Waals surface area (Å²) in [6.07, 6.45) is 4.07. The number of aromatic nitrogens is 2. The maximum absolute atomic E-state index is 5.72. The summed E-state index contributed by atoms with van der Waals surface area (Å²) in [7, 11) is 0. The third-order valence-corrected chi connectivity index (χ3v) is 4.41. The third-order valence-electron chi connectivity index (χ3n) is 4.41. The zero-order valence-corrected chi connectivity index (χ0v) is 12.6. The Morgan fingerprint density at radius 3 is 2.95 bits per heavy atom. The molecule has 0 saturated carbocycles. The minimum atomic E-state index is 0.560. The fraction of sp³-hybridized carbons (Fsp3) is 0.471. The molecular formula is C17H21N3O2. The Kier molecular flexibility index (Phi) is 3.72. The van der Waals surface area contributed by atoms with Crippen LogP contribution < -0.4 is 10.1 Å². The van der Waals surface area contributed by atoms with Crippen LogP contribution >= 0.6 is 0 Å². The zero-order chi connectivity index (χ0) is 14.8. The number of nitrogens with one attached hydrogen (secondary N) is 1. The summed E-state index contributed by atoms with van der Waals surface area (Å²) in [4.78, 5) is 0. The smallest absolute Gasteiger partial charge is 0.216 e. The Hall–Kier alpha value is -2.01. The maximum Gasteiger partial charge on any atom is 0.216 e. The van der Waals surface area contributed by atoms with Crippen molar-refractivity contribution >= 4 is 5.69 Å². The van der Waals surface area contributed by atoms with Crippen LogP contribution in [0.4, 0.5) is 5.69 Å². The van der Waals surface area contributed by atoms with E-state index in [1.165, 1.54) is 5.56 Å². The highest BCUT2D eigenvalue weighted by atomic mass is 16.5. The van der Waals surface area contributed by atoms with Gasteiger partial charge >= 0.3 is 0 Å². The molecule has 0 radical (unpaired) electrons. The van der Waals surface area contributed by atoms with Crippen molar-refractivity contribution in [1.29, 1.82) is 0 Å². The molecule has 1 fully saturated rings. The highest BCUT2D eigenvalue weighted by Crippen LogP contribution is 2.27. The SMILES string of the molecule is c1cc(C2CCOC2)ccc1NCc1cnn2c1OCCC2. The minimum absolute atomic E-state index is 0.560. The van der Waals surface area contributed by atoms with Crippen molar-refractivity contribution in [2.24, 2.45) is 0 Å². The van der Waals surface area contributed by atoms with Crippen molar-refractivity contribution in [3.05, 3.63) is 41.6 Å². The largest absolute Gasteiger partial charge is 0.478 e. The molecule has 5 heteroatoms. The predicted molar refractivity (Wildman–Crippen MR) is 84.3 cm³/mol. The molecule has 2 aliphatic rings. The average molecular weight is 299 g/mol. The molecule has 1 aromatic heterocycles. The molecule has 5 nitrogen and oxygen atoms in total. The van der Waals surface area contributed by atoms with E-state index in [-0.39, 0.29) is 0 Å². The molecule has 0 bridgehead atoms. The van der Waals surface area contributed by atoms with Crippen LogP contribution in [0, 0.1) is 0 Å². The summed E-state index contributed by atoms with van der Waals surface area (Å²) in [6.45, 7) is 4.22. The zero-order valence-electron chi connectivity index (χ0n) is 12.6. The Balaban J connectivity index is 1.40. The summed E-state index contributed by atoms with van der Waals surface area (Å²) < 4.78 is 13.1. The molecule has 0 amide bonds. The second-order valence-electron chi connectivity index (χ2n) is 5.94. The van der Waals surface area contributed by atoms with Crippen LogP contribution in [-0.2, 0) is 17.8 Å². The number of rotatable bonds is 4. The lowest BCUT2D eigenvalue weighted by Gasteiger charge is -2.16. The average Bonchev–Trinajstić information content (AvgIpc) is 3.23. The summed E-state index contributed by atoms with van der Waals surface area (Å²) in [5.74, 6) is 1.48. The molecule has 0 aliphatic carbocycles. The fourth-order valence-electron chi connectivity index (χ4n) is 3.11. The van der Waals surface area contributed by atoms with Gasteiger partial charge in [0.15, 0.2) is 0 Å². The van der Waals surface area contributed by atoms with Crippen molar-refractivity contribution in [2.75, 3.05) is 25.1 Å². The molecule has 1 saturated heterocycles. The molecular weight excluding hydrogens is 278 g/mol. The highest BCUT2D eigenvalue weighted by Gasteiger charge is 2.18. The first kappa shape index (κ1) is 13.6. The van der Waals surface area contributed by atoms with Gasteiger partial charge in [-0.15, -0.1) is 0 Å². The summed E-state index contributed by atoms with van der Waals surface area (Å²) in [5.41, 5.74) is 3.61. The number of benzene rings is 1. The molecule has 22 heavy (non-hydrogen) atoms. The van der Waals surface area contributed by atoms with E-state index < -0.39 is 0 Å². The van der Waals surface area contributed by atoms with Gasteiger partial charge in [0.1, 0.15) is 0 Å². The van der Waals surface area contributed by atoms with Crippen molar-refractivity contribution in [3.8, 4) is 5.88 Å². The first-order valence-electron chi connectivity index (χ1n) is 7.99. The van der Waals surface area contributed by atoms with Crippen LogP contribution in [0.5, 0.6) is 5.88 Å². The van der Waals surface area contributed by atoms with Crippen LogP contribution in [0.2, 0.25) is 0 Å². The van der Waals surface area contributed by atoms with E-state index >= 15 is 0 Å². The van der Waals surface area contributed by atoms with Crippen LogP contribution in [-0.4, -0.2) is 29.6 Å². The number of hydrogen-bond acceptors (Lipinski definition) is 4. The Bertz CT molecular complexity index is 630. The van der Waals surface area contributed by atoms with Gasteiger partial charge in [-0.1, -0.05) is 12.1 Å². The van der Waals surface area contributed by atoms with Gasteiger partial charge in [-0.3, -0.25) is 0 Å². The Morgan fingerprint density at radius 2 is 2.14 bits per heavy atom. The van der Waals surface area contributed by atoms with Gasteiger partial charge in [0.25, 0.3) is 0 Å². The quantitative estimate of drug-likeness (QED) is 0.943. The lowest BCUT2D eigenvalue weighted by Crippen LogP contribution is -2.15. The molecule has 1 aromatic carbocycles. The molecule has 0 spiro atoms. The molecule has 3 heterocycles. The van der Waals surface area contributed by atoms with E-state index in [0.717, 1.165) is 62.9 Å². The Labute approximate surface area is 130 Å². The number of nitrogens with zero attached hydrogens (tertiary/aromatic N) is 2. The van der Waals surface area contributed by atoms with E-state index in [4.69, 9.17) is 9.47 Å². The van der Waals surface area contributed by atoms with E-state index in [1.807, 2.05) is 10.9 Å². The fourth-order valence-corrected chi connectivity index (χ4v) is 3.11. The summed E-state index contributed by atoms with van der Waals surface area (Å²) in [5, 5.41) is 7.82. The third kappa shape index (κ3) is 2.68. The molecule has 2 aliphatic heterocycles. The van der Waals surface area contributed by atoms with Gasteiger partial charge < -0.3 is 14.8 Å². The maximum atomic E-state index is 5.72. The van der Waals surface area contributed by atoms with Crippen LogP contribution in [0.25, 0.3) is 0 Å². The molecule has 1 atom stereocenters. The predicted octanol–water partition coefficient (Wildman–Crippen LogP) is 2.78. The highest BCUT2D eigenvalue weighted by molar-refractivity contribution is 5.46. The second-order valence-corrected chi connectivity index (χ2v) is 5.94. The van der Waals surface area contributed by atoms with E-state index in [9.17, 15) is 0 Å². The van der Waals surface area contributed by atoms with Gasteiger partial charge in [-0.2, -0.15) is 5.10 Å². The Morgan fingerprint density at radius 1 is 1.23 bits per heavy atom. The van der Waals surface area contributed by atoms with Crippen molar-refractivity contribution < 1.29 is 9.47 Å². The first-order valence-corrected chi connectivity index (χ1v) is 7.99. The monoisotopic (exact) mass is 299 g/mol. The van der Waals surface area contributed by atoms with Crippen LogP contribution in [0.1, 0.15) is 29.9 Å². The number of hydrogen-bond donors (Lipinski definition) is 1. The van der Waals surface area contributed by atoms with Crippen LogP contribution in [0.3, 0.4) is 0 Å². The van der Waals surface area contributed by atoms with E-state index in [1.54, 1.807) is 0 Å². The van der Waals surface area contributed by atoms with Gasteiger partial charge in [0.2, 0.25) is 5.88 Å². The second kappa shape index (κ2) is 6.01. The molecule has 2 aromatic rings. The number of aryl methyl sites for hydroxylation is 1. The van der Waals surface area contributed by atoms with Crippen LogP contribution in [0.15, 0.2) is 30.5 Å². The van der Waals surface area contributed by atoms with E-state index in [2.05, 4.69) is 34.7 Å². The molecule has 116 valence electrons. The lowest BCUT2D eigenvalue weighted by atomic mass is 9.98. The first-order chi connectivity index (χ1) is 10.9. The van der Waals surface area contributed by atoms with Crippen molar-refractivity contribution in [2.45, 2.75) is 31.8 Å². The van der Waals surface area contributed by atoms with Gasteiger partial charge in [-0.05, 0) is 24.1 Å². The number of ether oxygens (including phenoxy) is 2. The standard InChI is InChI=1S/C17H21N3O2/c1-7-20-17(22-8-1)15(11-19-20)10-18-16-4-2-13(3-5-16)14-6-9-21-12-14/h2-5,11,14,18H,1,6-10,12H2. The lowest BCUT2D eigenvalue weighted by molar-refractivity contribution is 0.194. The number of fused-ring (bicyclic) bond motifs is 1. The van der Waals surface area contributed by atoms with E-state index in [0.29, 0.717) is 5.92 Å². The van der Waals surface area contributed by atoms with Gasteiger partial charge in [-0.25, -0.2) is 4.68 Å². The molecule has 4 rings (SSSR count).